The molecule has 0 spiro atoms. The zero-order valence-corrected chi connectivity index (χ0v) is 14.7. The lowest BCUT2D eigenvalue weighted by Gasteiger charge is -2.16. The number of benzene rings is 2. The number of carbonyl (C=O) groups is 1. The molecule has 0 saturated heterocycles. The van der Waals surface area contributed by atoms with Gasteiger partial charge in [0.05, 0.1) is 10.3 Å². The molecule has 1 N–H and O–H groups in total. The van der Waals surface area contributed by atoms with Gasteiger partial charge in [-0.15, -0.1) is 11.3 Å². The molecule has 4 nitrogen and oxygen atoms in total. The number of nitrogens with zero attached hydrogens (tertiary/aromatic N) is 1. The van der Waals surface area contributed by atoms with E-state index in [1.807, 2.05) is 26.0 Å². The summed E-state index contributed by atoms with van der Waals surface area (Å²) in [4.78, 5) is 16.1. The van der Waals surface area contributed by atoms with Crippen molar-refractivity contribution in [3.05, 3.63) is 46.5 Å². The van der Waals surface area contributed by atoms with Crippen molar-refractivity contribution in [2.45, 2.75) is 25.9 Å². The molecule has 0 aliphatic carbocycles. The van der Waals surface area contributed by atoms with Crippen molar-refractivity contribution in [2.24, 2.45) is 0 Å². The second kappa shape index (κ2) is 5.19. The molecule has 0 bridgehead atoms. The summed E-state index contributed by atoms with van der Waals surface area (Å²) in [6.45, 7) is 4.03. The van der Waals surface area contributed by atoms with Crippen molar-refractivity contribution < 1.29 is 14.6 Å². The van der Waals surface area contributed by atoms with E-state index in [9.17, 15) is 9.90 Å². The molecule has 2 aromatic carbocycles. The van der Waals surface area contributed by atoms with Crippen LogP contribution in [0.2, 0.25) is 5.02 Å². The largest absolute Gasteiger partial charge is 0.485 e. The summed E-state index contributed by atoms with van der Waals surface area (Å²) in [7, 11) is 0. The minimum atomic E-state index is -0.967. The van der Waals surface area contributed by atoms with Gasteiger partial charge in [0.1, 0.15) is 16.1 Å². The van der Waals surface area contributed by atoms with Crippen LogP contribution in [-0.4, -0.2) is 21.7 Å². The van der Waals surface area contributed by atoms with Crippen LogP contribution < -0.4 is 4.74 Å². The molecule has 0 saturated carbocycles. The number of carboxylic acid groups (broad SMARTS) is 1. The molecular weight excluding hydrogens is 346 g/mol. The molecule has 24 heavy (non-hydrogen) atoms. The molecule has 0 radical (unpaired) electrons. The topological polar surface area (TPSA) is 59.4 Å². The van der Waals surface area contributed by atoms with Gasteiger partial charge in [-0.05, 0) is 26.0 Å². The molecule has 4 rings (SSSR count). The monoisotopic (exact) mass is 359 g/mol. The van der Waals surface area contributed by atoms with Gasteiger partial charge in [-0.3, -0.25) is 0 Å². The highest BCUT2D eigenvalue weighted by atomic mass is 35.5. The Morgan fingerprint density at radius 3 is 2.88 bits per heavy atom. The van der Waals surface area contributed by atoms with E-state index in [2.05, 4.69) is 4.98 Å². The second-order valence-electron chi connectivity index (χ2n) is 6.42. The summed E-state index contributed by atoms with van der Waals surface area (Å²) in [5.74, 6) is -0.247. The number of rotatable bonds is 2. The average Bonchev–Trinajstić information content (AvgIpc) is 3.07. The number of fused-ring (bicyclic) bond motifs is 3. The van der Waals surface area contributed by atoms with E-state index in [1.54, 1.807) is 18.2 Å². The van der Waals surface area contributed by atoms with Gasteiger partial charge in [0.2, 0.25) is 0 Å². The molecule has 0 atom stereocenters. The number of aromatic nitrogens is 1. The van der Waals surface area contributed by atoms with E-state index in [-0.39, 0.29) is 11.2 Å². The first kappa shape index (κ1) is 15.4. The summed E-state index contributed by atoms with van der Waals surface area (Å²) in [5, 5.41) is 10.7. The minimum Gasteiger partial charge on any atom is -0.485 e. The van der Waals surface area contributed by atoms with Crippen LogP contribution in [0.15, 0.2) is 30.3 Å². The Hall–Kier alpha value is -2.11. The Morgan fingerprint density at radius 2 is 2.12 bits per heavy atom. The van der Waals surface area contributed by atoms with Crippen LogP contribution >= 0.6 is 22.9 Å². The van der Waals surface area contributed by atoms with Gasteiger partial charge in [0.25, 0.3) is 0 Å². The third kappa shape index (κ3) is 2.36. The fourth-order valence-electron chi connectivity index (χ4n) is 3.03. The molecule has 0 unspecified atom stereocenters. The van der Waals surface area contributed by atoms with Gasteiger partial charge in [-0.25, -0.2) is 9.78 Å². The molecule has 1 aliphatic rings. The van der Waals surface area contributed by atoms with E-state index in [0.29, 0.717) is 15.6 Å². The Morgan fingerprint density at radius 1 is 1.38 bits per heavy atom. The molecule has 2 heterocycles. The van der Waals surface area contributed by atoms with Gasteiger partial charge >= 0.3 is 5.97 Å². The molecule has 3 aromatic rings. The van der Waals surface area contributed by atoms with Gasteiger partial charge in [-0.1, -0.05) is 29.8 Å². The Labute approximate surface area is 147 Å². The number of hydrogen-bond acceptors (Lipinski definition) is 4. The summed E-state index contributed by atoms with van der Waals surface area (Å²) in [6.07, 6.45) is 0.732. The zero-order valence-electron chi connectivity index (χ0n) is 13.1. The molecular formula is C18H14ClNO3S. The average molecular weight is 360 g/mol. The summed E-state index contributed by atoms with van der Waals surface area (Å²) in [6, 6.07) is 8.77. The van der Waals surface area contributed by atoms with Crippen LogP contribution in [0.4, 0.5) is 0 Å². The number of hydrogen-bond donors (Lipinski definition) is 1. The second-order valence-corrected chi connectivity index (χ2v) is 7.86. The Bertz CT molecular complexity index is 993. The van der Waals surface area contributed by atoms with Crippen molar-refractivity contribution in [1.29, 1.82) is 0 Å². The Kier molecular flexibility index (Phi) is 3.34. The standard InChI is InChI=1S/C18H14ClNO3S/c1-18(2)8-11-12(19)7-13-14(15(11)23-18)20-16(24-13)9-5-3-4-6-10(9)17(21)22/h3-7H,8H2,1-2H3,(H,21,22). The smallest absolute Gasteiger partial charge is 0.336 e. The first-order valence-electron chi connectivity index (χ1n) is 7.49. The quantitative estimate of drug-likeness (QED) is 0.697. The molecule has 6 heteroatoms. The molecule has 0 amide bonds. The zero-order chi connectivity index (χ0) is 17.1. The van der Waals surface area contributed by atoms with Crippen molar-refractivity contribution in [1.82, 2.24) is 4.98 Å². The van der Waals surface area contributed by atoms with Gasteiger partial charge in [0.15, 0.2) is 5.75 Å². The van der Waals surface area contributed by atoms with E-state index in [0.717, 1.165) is 28.0 Å². The molecule has 0 fully saturated rings. The number of halogens is 1. The predicted octanol–water partition coefficient (Wildman–Crippen LogP) is 5.03. The van der Waals surface area contributed by atoms with E-state index in [1.165, 1.54) is 11.3 Å². The number of aromatic carboxylic acids is 1. The van der Waals surface area contributed by atoms with Crippen molar-refractivity contribution in [2.75, 3.05) is 0 Å². The highest BCUT2D eigenvalue weighted by molar-refractivity contribution is 7.21. The lowest BCUT2D eigenvalue weighted by atomic mass is 10.0. The van der Waals surface area contributed by atoms with Crippen LogP contribution in [0.5, 0.6) is 5.75 Å². The van der Waals surface area contributed by atoms with Crippen molar-refractivity contribution >= 4 is 39.1 Å². The van der Waals surface area contributed by atoms with Gasteiger partial charge in [-0.2, -0.15) is 0 Å². The normalized spacial score (nSPS) is 15.3. The van der Waals surface area contributed by atoms with Gasteiger partial charge in [0, 0.05) is 22.6 Å². The number of carboxylic acids is 1. The maximum Gasteiger partial charge on any atom is 0.336 e. The highest BCUT2D eigenvalue weighted by Gasteiger charge is 2.34. The molecule has 1 aromatic heterocycles. The number of ether oxygens (including phenoxy) is 1. The van der Waals surface area contributed by atoms with Crippen molar-refractivity contribution in [3.63, 3.8) is 0 Å². The van der Waals surface area contributed by atoms with E-state index in [4.69, 9.17) is 16.3 Å². The van der Waals surface area contributed by atoms with E-state index >= 15 is 0 Å². The number of thiazole rings is 1. The molecule has 122 valence electrons. The van der Waals surface area contributed by atoms with Gasteiger partial charge < -0.3 is 9.84 Å². The third-order valence-corrected chi connectivity index (χ3v) is 5.43. The van der Waals surface area contributed by atoms with Crippen LogP contribution in [0.3, 0.4) is 0 Å². The van der Waals surface area contributed by atoms with Crippen LogP contribution in [0.1, 0.15) is 29.8 Å². The highest BCUT2D eigenvalue weighted by Crippen LogP contribution is 2.46. The SMILES string of the molecule is CC1(C)Cc2c(Cl)cc3sc(-c4ccccc4C(=O)O)nc3c2O1. The lowest BCUT2D eigenvalue weighted by molar-refractivity contribution is 0.0697. The summed E-state index contributed by atoms with van der Waals surface area (Å²) in [5.41, 5.74) is 2.25. The fraction of sp³-hybridized carbons (Fsp3) is 0.222. The first-order valence-corrected chi connectivity index (χ1v) is 8.69. The third-order valence-electron chi connectivity index (χ3n) is 4.06. The van der Waals surface area contributed by atoms with Crippen LogP contribution in [-0.2, 0) is 6.42 Å². The summed E-state index contributed by atoms with van der Waals surface area (Å²) < 4.78 is 6.95. The van der Waals surface area contributed by atoms with Crippen molar-refractivity contribution in [3.8, 4) is 16.3 Å². The summed E-state index contributed by atoms with van der Waals surface area (Å²) >= 11 is 7.84. The predicted molar refractivity (Wildman–Crippen MR) is 95.4 cm³/mol. The maximum absolute atomic E-state index is 11.5. The first-order chi connectivity index (χ1) is 11.4. The van der Waals surface area contributed by atoms with E-state index < -0.39 is 5.97 Å². The molecule has 1 aliphatic heterocycles. The van der Waals surface area contributed by atoms with Crippen LogP contribution in [0, 0.1) is 0 Å². The fourth-order valence-corrected chi connectivity index (χ4v) is 4.40. The maximum atomic E-state index is 11.5. The minimum absolute atomic E-state index is 0.237. The Balaban J connectivity index is 1.95. The lowest BCUT2D eigenvalue weighted by Crippen LogP contribution is -2.24. The van der Waals surface area contributed by atoms with Crippen LogP contribution in [0.25, 0.3) is 20.8 Å².